The van der Waals surface area contributed by atoms with E-state index in [-0.39, 0.29) is 0 Å². The molecular weight excluding hydrogens is 272 g/mol. The zero-order chi connectivity index (χ0) is 14.9. The van der Waals surface area contributed by atoms with Crippen LogP contribution in [0.5, 0.6) is 0 Å². The Morgan fingerprint density at radius 2 is 2.00 bits per heavy atom. The number of nitrogens with one attached hydrogen (secondary N) is 1. The molecule has 0 saturated carbocycles. The molecule has 2 bridgehead atoms. The summed E-state index contributed by atoms with van der Waals surface area (Å²) in [5.74, 6) is 0.839. The smallest absolute Gasteiger partial charge is 0.223 e. The van der Waals surface area contributed by atoms with Crippen LogP contribution < -0.4 is 5.32 Å². The van der Waals surface area contributed by atoms with E-state index in [0.717, 1.165) is 19.5 Å². The third-order valence-corrected chi connectivity index (χ3v) is 5.86. The van der Waals surface area contributed by atoms with Gasteiger partial charge in [-0.05, 0) is 62.1 Å². The van der Waals surface area contributed by atoms with E-state index in [2.05, 4.69) is 34.5 Å². The summed E-state index contributed by atoms with van der Waals surface area (Å²) in [6.07, 6.45) is 7.81. The average molecular weight is 298 g/mol. The largest absolute Gasteiger partial charge is 0.335 e. The molecule has 3 aliphatic rings. The molecule has 1 N–H and O–H groups in total. The number of nitrogens with zero attached hydrogens (tertiary/aromatic N) is 1. The van der Waals surface area contributed by atoms with Gasteiger partial charge in [-0.25, -0.2) is 0 Å². The molecule has 118 valence electrons. The number of aryl methyl sites for hydroxylation is 1. The van der Waals surface area contributed by atoms with Crippen molar-refractivity contribution in [3.63, 3.8) is 0 Å². The molecule has 3 unspecified atom stereocenters. The van der Waals surface area contributed by atoms with E-state index in [1.54, 1.807) is 0 Å². The minimum absolute atomic E-state index is 0.401. The summed E-state index contributed by atoms with van der Waals surface area (Å²) in [7, 11) is 0. The number of hydrogen-bond acceptors (Lipinski definition) is 2. The van der Waals surface area contributed by atoms with Gasteiger partial charge in [-0.2, -0.15) is 0 Å². The summed E-state index contributed by atoms with van der Waals surface area (Å²) in [6.45, 7) is 2.06. The van der Waals surface area contributed by atoms with Crippen LogP contribution in [0.2, 0.25) is 0 Å². The van der Waals surface area contributed by atoms with Crippen LogP contribution in [0.3, 0.4) is 0 Å². The molecule has 3 nitrogen and oxygen atoms in total. The summed E-state index contributed by atoms with van der Waals surface area (Å²) < 4.78 is 0. The maximum Gasteiger partial charge on any atom is 0.223 e. The lowest BCUT2D eigenvalue weighted by molar-refractivity contribution is -0.134. The highest BCUT2D eigenvalue weighted by Crippen LogP contribution is 2.36. The number of carbonyl (C=O) groups excluding carboxylic acids is 1. The molecule has 3 heteroatoms. The van der Waals surface area contributed by atoms with E-state index in [1.165, 1.54) is 43.2 Å². The first-order valence-corrected chi connectivity index (χ1v) is 8.92. The van der Waals surface area contributed by atoms with E-state index < -0.39 is 0 Å². The fourth-order valence-corrected chi connectivity index (χ4v) is 4.77. The van der Waals surface area contributed by atoms with Crippen molar-refractivity contribution in [2.24, 2.45) is 0 Å². The first-order chi connectivity index (χ1) is 10.8. The summed E-state index contributed by atoms with van der Waals surface area (Å²) in [5, 5.41) is 3.49. The number of amides is 1. The Hall–Kier alpha value is -1.35. The molecule has 2 heterocycles. The van der Waals surface area contributed by atoms with Crippen molar-refractivity contribution in [3.8, 4) is 0 Å². The number of rotatable bonds is 2. The third-order valence-electron chi connectivity index (χ3n) is 5.86. The molecule has 2 saturated heterocycles. The molecule has 2 fully saturated rings. The van der Waals surface area contributed by atoms with Crippen LogP contribution in [0.1, 0.15) is 55.6 Å². The molecule has 2 aliphatic heterocycles. The number of fused-ring (bicyclic) bond motifs is 3. The van der Waals surface area contributed by atoms with Crippen molar-refractivity contribution < 1.29 is 4.79 Å². The molecule has 0 radical (unpaired) electrons. The molecular formula is C19H26N2O. The zero-order valence-corrected chi connectivity index (χ0v) is 13.3. The zero-order valence-electron chi connectivity index (χ0n) is 13.3. The van der Waals surface area contributed by atoms with Gasteiger partial charge in [0.15, 0.2) is 0 Å². The molecule has 1 aromatic rings. The predicted octanol–water partition coefficient (Wildman–Crippen LogP) is 2.85. The van der Waals surface area contributed by atoms with Gasteiger partial charge in [0.05, 0.1) is 0 Å². The van der Waals surface area contributed by atoms with Gasteiger partial charge in [0, 0.05) is 25.0 Å². The summed E-state index contributed by atoms with van der Waals surface area (Å²) in [5.41, 5.74) is 2.90. The van der Waals surface area contributed by atoms with Crippen molar-refractivity contribution in [1.82, 2.24) is 10.2 Å². The number of carbonyl (C=O) groups is 1. The van der Waals surface area contributed by atoms with Crippen LogP contribution >= 0.6 is 0 Å². The monoisotopic (exact) mass is 298 g/mol. The van der Waals surface area contributed by atoms with Crippen molar-refractivity contribution in [1.29, 1.82) is 0 Å². The van der Waals surface area contributed by atoms with Crippen molar-refractivity contribution in [2.75, 3.05) is 13.1 Å². The minimum Gasteiger partial charge on any atom is -0.335 e. The Morgan fingerprint density at radius 1 is 1.14 bits per heavy atom. The molecule has 0 aromatic heterocycles. The summed E-state index contributed by atoms with van der Waals surface area (Å²) in [4.78, 5) is 15.2. The Morgan fingerprint density at radius 3 is 2.95 bits per heavy atom. The molecule has 1 amide bonds. The number of hydrogen-bond donors (Lipinski definition) is 1. The third kappa shape index (κ3) is 2.56. The lowest BCUT2D eigenvalue weighted by Gasteiger charge is -2.31. The first kappa shape index (κ1) is 14.3. The van der Waals surface area contributed by atoms with Gasteiger partial charge in [0.25, 0.3) is 0 Å². The lowest BCUT2D eigenvalue weighted by atomic mass is 9.81. The fourth-order valence-electron chi connectivity index (χ4n) is 4.77. The van der Waals surface area contributed by atoms with Crippen LogP contribution in [0.25, 0.3) is 0 Å². The standard InChI is InChI=1S/C19H26N2O/c22-19(21-16-8-9-17(21)13-20-11-10-16)12-15-6-3-5-14-4-1-2-7-18(14)15/h1-2,4,7,15-17,20H,3,5-6,8-13H2. The van der Waals surface area contributed by atoms with E-state index in [9.17, 15) is 4.79 Å². The van der Waals surface area contributed by atoms with E-state index in [4.69, 9.17) is 0 Å². The van der Waals surface area contributed by atoms with E-state index in [1.807, 2.05) is 0 Å². The van der Waals surface area contributed by atoms with Gasteiger partial charge in [0.1, 0.15) is 0 Å². The molecule has 3 atom stereocenters. The fraction of sp³-hybridized carbons (Fsp3) is 0.632. The van der Waals surface area contributed by atoms with Crippen LogP contribution in [0, 0.1) is 0 Å². The lowest BCUT2D eigenvalue weighted by Crippen LogP contribution is -2.43. The molecule has 4 rings (SSSR count). The highest BCUT2D eigenvalue weighted by molar-refractivity contribution is 5.78. The Labute approximate surface area is 133 Å². The Kier molecular flexibility index (Phi) is 3.91. The van der Waals surface area contributed by atoms with Crippen LogP contribution in [-0.2, 0) is 11.2 Å². The van der Waals surface area contributed by atoms with Gasteiger partial charge in [-0.15, -0.1) is 0 Å². The van der Waals surface area contributed by atoms with Gasteiger partial charge < -0.3 is 10.2 Å². The maximum atomic E-state index is 13.0. The number of benzene rings is 1. The van der Waals surface area contributed by atoms with Crippen LogP contribution in [-0.4, -0.2) is 36.0 Å². The van der Waals surface area contributed by atoms with Gasteiger partial charge in [0.2, 0.25) is 5.91 Å². The summed E-state index contributed by atoms with van der Waals surface area (Å²) >= 11 is 0. The van der Waals surface area contributed by atoms with Crippen molar-refractivity contribution >= 4 is 5.91 Å². The maximum absolute atomic E-state index is 13.0. The van der Waals surface area contributed by atoms with E-state index in [0.29, 0.717) is 30.3 Å². The Balaban J connectivity index is 1.51. The van der Waals surface area contributed by atoms with Gasteiger partial charge in [-0.3, -0.25) is 4.79 Å². The first-order valence-electron chi connectivity index (χ1n) is 8.92. The molecule has 1 aromatic carbocycles. The summed E-state index contributed by atoms with van der Waals surface area (Å²) in [6, 6.07) is 9.67. The topological polar surface area (TPSA) is 32.3 Å². The second-order valence-electron chi connectivity index (χ2n) is 7.17. The Bertz CT molecular complexity index is 542. The molecule has 1 aliphatic carbocycles. The highest BCUT2D eigenvalue weighted by Gasteiger charge is 2.38. The van der Waals surface area contributed by atoms with Gasteiger partial charge >= 0.3 is 0 Å². The molecule has 22 heavy (non-hydrogen) atoms. The van der Waals surface area contributed by atoms with Crippen LogP contribution in [0.15, 0.2) is 24.3 Å². The van der Waals surface area contributed by atoms with Crippen molar-refractivity contribution in [3.05, 3.63) is 35.4 Å². The van der Waals surface area contributed by atoms with E-state index >= 15 is 0 Å². The SMILES string of the molecule is O=C(CC1CCCc2ccccc21)N1C2CCNCC1CC2. The van der Waals surface area contributed by atoms with Crippen molar-refractivity contribution in [2.45, 2.75) is 62.9 Å². The second-order valence-corrected chi connectivity index (χ2v) is 7.17. The highest BCUT2D eigenvalue weighted by atomic mass is 16.2. The molecule has 0 spiro atoms. The average Bonchev–Trinajstić information content (AvgIpc) is 2.81. The normalized spacial score (nSPS) is 30.7. The van der Waals surface area contributed by atoms with Gasteiger partial charge in [-0.1, -0.05) is 24.3 Å². The second kappa shape index (κ2) is 6.04. The predicted molar refractivity (Wildman–Crippen MR) is 87.9 cm³/mol. The quantitative estimate of drug-likeness (QED) is 0.910. The van der Waals surface area contributed by atoms with Crippen LogP contribution in [0.4, 0.5) is 0 Å². The minimum atomic E-state index is 0.401.